The molecule has 0 saturated carbocycles. The minimum Gasteiger partial charge on any atom is -0.508 e. The number of benzene rings is 1. The number of esters is 1. The first kappa shape index (κ1) is 31.5. The van der Waals surface area contributed by atoms with Crippen LogP contribution in [0.15, 0.2) is 44.1 Å². The molecule has 1 aliphatic heterocycles. The molecule has 0 bridgehead atoms. The molecule has 1 aromatic rings. The van der Waals surface area contributed by atoms with E-state index < -0.39 is 42.0 Å². The highest BCUT2D eigenvalue weighted by atomic mass is 127. The quantitative estimate of drug-likeness (QED) is 0.202. The van der Waals surface area contributed by atoms with E-state index in [4.69, 9.17) is 10.5 Å². The van der Waals surface area contributed by atoms with Gasteiger partial charge in [0.1, 0.15) is 23.9 Å². The van der Waals surface area contributed by atoms with E-state index in [0.29, 0.717) is 31.4 Å². The lowest BCUT2D eigenvalue weighted by molar-refractivity contribution is -0.156. The fourth-order valence-corrected chi connectivity index (χ4v) is 4.48. The fourth-order valence-electron chi connectivity index (χ4n) is 3.79. The molecule has 1 fully saturated rings. The average molecular weight is 738 g/mol. The number of nitrogens with two attached hydrogens (primary N) is 1. The van der Waals surface area contributed by atoms with E-state index in [1.807, 2.05) is 35.0 Å². The Morgan fingerprint density at radius 2 is 2.05 bits per heavy atom. The molecule has 1 heterocycles. The van der Waals surface area contributed by atoms with E-state index in [-0.39, 0.29) is 18.1 Å². The Labute approximate surface area is 245 Å². The number of rotatable bonds is 11. The van der Waals surface area contributed by atoms with Crippen molar-refractivity contribution in [2.45, 2.75) is 70.7 Å². The Balaban J connectivity index is 2.18. The summed E-state index contributed by atoms with van der Waals surface area (Å²) in [6, 6.07) is 4.12. The second-order valence-corrected chi connectivity index (χ2v) is 10.7. The first-order valence-electron chi connectivity index (χ1n) is 12.2. The Hall–Kier alpha value is -1.71. The van der Waals surface area contributed by atoms with Gasteiger partial charge >= 0.3 is 5.97 Å². The van der Waals surface area contributed by atoms with Crippen LogP contribution < -0.4 is 16.5 Å². The molecule has 0 radical (unpaired) electrons. The topological polar surface area (TPSA) is 134 Å². The zero-order valence-electron chi connectivity index (χ0n) is 21.3. The zero-order valence-corrected chi connectivity index (χ0v) is 25.6. The van der Waals surface area contributed by atoms with Crippen LogP contribution in [0.3, 0.4) is 0 Å². The highest BCUT2D eigenvalue weighted by Gasteiger charge is 2.35. The lowest BCUT2D eigenvalue weighted by atomic mass is 10.0. The Morgan fingerprint density at radius 3 is 2.68 bits per heavy atom. The molecule has 2 rings (SSSR count). The summed E-state index contributed by atoms with van der Waals surface area (Å²) in [4.78, 5) is 39.3. The molecule has 1 saturated heterocycles. The number of phenols is 1. The van der Waals surface area contributed by atoms with Crippen molar-refractivity contribution in [1.29, 1.82) is 0 Å². The molecule has 0 unspecified atom stereocenters. The molecule has 204 valence electrons. The van der Waals surface area contributed by atoms with Gasteiger partial charge in [0, 0.05) is 19.4 Å². The number of hydrogen-bond donors (Lipinski definition) is 4. The lowest BCUT2D eigenvalue weighted by Gasteiger charge is -2.36. The molecule has 9 nitrogen and oxygen atoms in total. The summed E-state index contributed by atoms with van der Waals surface area (Å²) in [5, 5.41) is 14.0. The van der Waals surface area contributed by atoms with E-state index in [2.05, 4.69) is 55.9 Å². The monoisotopic (exact) mass is 738 g/mol. The second kappa shape index (κ2) is 15.6. The van der Waals surface area contributed by atoms with Crippen LogP contribution in [0.5, 0.6) is 5.75 Å². The number of aromatic hydroxyl groups is 1. The van der Waals surface area contributed by atoms with Crippen LogP contribution in [0.4, 0.5) is 0 Å². The lowest BCUT2D eigenvalue weighted by Crippen LogP contribution is -2.61. The number of hydrazine groups is 1. The third kappa shape index (κ3) is 9.84. The van der Waals surface area contributed by atoms with Crippen molar-refractivity contribution in [3.8, 4) is 5.75 Å². The number of ether oxygens (including phenoxy) is 1. The molecule has 1 aromatic carbocycles. The molecule has 0 aromatic heterocycles. The van der Waals surface area contributed by atoms with Gasteiger partial charge in [0.15, 0.2) is 0 Å². The predicted octanol–water partition coefficient (Wildman–Crippen LogP) is 3.49. The highest BCUT2D eigenvalue weighted by Crippen LogP contribution is 2.19. The van der Waals surface area contributed by atoms with Gasteiger partial charge in [0.25, 0.3) is 5.91 Å². The Morgan fingerprint density at radius 1 is 1.32 bits per heavy atom. The number of amides is 2. The molecule has 0 aliphatic carbocycles. The van der Waals surface area contributed by atoms with Crippen molar-refractivity contribution in [2.24, 2.45) is 11.7 Å². The van der Waals surface area contributed by atoms with Crippen LogP contribution in [-0.4, -0.2) is 58.7 Å². The van der Waals surface area contributed by atoms with Crippen LogP contribution in [0, 0.1) is 5.92 Å². The van der Waals surface area contributed by atoms with Crippen LogP contribution in [-0.2, 0) is 25.5 Å². The van der Waals surface area contributed by atoms with Crippen molar-refractivity contribution >= 4 is 63.0 Å². The maximum atomic E-state index is 13.6. The van der Waals surface area contributed by atoms with Crippen LogP contribution in [0.25, 0.3) is 0 Å². The van der Waals surface area contributed by atoms with E-state index in [1.165, 1.54) is 11.1 Å². The molecule has 4 atom stereocenters. The van der Waals surface area contributed by atoms with E-state index in [9.17, 15) is 19.5 Å². The van der Waals surface area contributed by atoms with Crippen molar-refractivity contribution in [2.75, 3.05) is 6.54 Å². The Bertz CT molecular complexity index is 1000. The van der Waals surface area contributed by atoms with Gasteiger partial charge < -0.3 is 20.9 Å². The van der Waals surface area contributed by atoms with Gasteiger partial charge in [0.05, 0.1) is 6.04 Å². The predicted molar refractivity (Wildman–Crippen MR) is 160 cm³/mol. The number of hydrogen-bond acceptors (Lipinski definition) is 7. The summed E-state index contributed by atoms with van der Waals surface area (Å²) in [7, 11) is 0. The summed E-state index contributed by atoms with van der Waals surface area (Å²) < 4.78 is 9.55. The number of nitrogens with zero attached hydrogens (tertiary/aromatic N) is 1. The smallest absolute Gasteiger partial charge is 0.325 e. The van der Waals surface area contributed by atoms with Crippen LogP contribution in [0.2, 0.25) is 0 Å². The summed E-state index contributed by atoms with van der Waals surface area (Å²) >= 11 is 4.25. The molecule has 11 heteroatoms. The third-order valence-corrected chi connectivity index (χ3v) is 7.59. The maximum Gasteiger partial charge on any atom is 0.325 e. The molecule has 5 N–H and O–H groups in total. The van der Waals surface area contributed by atoms with Gasteiger partial charge in [0.2, 0.25) is 5.91 Å². The third-order valence-electron chi connectivity index (χ3n) is 6.10. The number of carbonyl (C=O) groups excluding carboxylic acids is 3. The minimum atomic E-state index is -0.938. The summed E-state index contributed by atoms with van der Waals surface area (Å²) in [5.74, 6) is -1.31. The first-order chi connectivity index (χ1) is 17.6. The van der Waals surface area contributed by atoms with Crippen molar-refractivity contribution in [1.82, 2.24) is 15.8 Å². The molecular formula is C26H36I2N4O5. The van der Waals surface area contributed by atoms with Gasteiger partial charge in [-0.25, -0.2) is 5.43 Å². The fraction of sp³-hybridized carbons (Fsp3) is 0.500. The second-order valence-electron chi connectivity index (χ2n) is 9.39. The molecule has 2 amide bonds. The maximum absolute atomic E-state index is 13.6. The molecular weight excluding hydrogens is 702 g/mol. The largest absolute Gasteiger partial charge is 0.508 e. The SMILES string of the molecule is C/C(=C\I)[C@H](C/C=C/I)OC(=O)[C@@H]1CCCN(C(=O)[C@H](Cc2cccc(O)c2)NC(=O)[C@@H](N)C(C)C)N1. The first-order valence-corrected chi connectivity index (χ1v) is 14.7. The standard InChI is InChI=1S/C26H36I2N4O5/c1-16(2)23(29)24(34)30-21(14-18-7-4-8-19(33)13-18)25(35)32-12-6-9-20(31-32)26(36)37-22(10-5-11-27)17(3)15-28/h4-5,7-8,11,13,15-16,20-23,31,33H,6,9-10,12,14,29H2,1-3H3,(H,30,34)/b11-5+,17-15+/t20-,21-,22-,23-/m0/s1. The van der Waals surface area contributed by atoms with Crippen LogP contribution >= 0.6 is 45.2 Å². The molecule has 37 heavy (non-hydrogen) atoms. The molecule has 0 spiro atoms. The van der Waals surface area contributed by atoms with E-state index in [0.717, 1.165) is 5.57 Å². The number of phenolic OH excluding ortho intramolecular Hbond substituents is 1. The summed E-state index contributed by atoms with van der Waals surface area (Å²) in [6.45, 7) is 5.94. The number of halogens is 2. The van der Waals surface area contributed by atoms with Crippen molar-refractivity contribution in [3.05, 3.63) is 49.6 Å². The highest BCUT2D eigenvalue weighted by molar-refractivity contribution is 14.1. The minimum absolute atomic E-state index is 0.0654. The van der Waals surface area contributed by atoms with E-state index in [1.54, 1.807) is 18.2 Å². The van der Waals surface area contributed by atoms with Gasteiger partial charge in [-0.2, -0.15) is 0 Å². The van der Waals surface area contributed by atoms with Gasteiger partial charge in [-0.15, -0.1) is 0 Å². The number of nitrogens with one attached hydrogen (secondary N) is 2. The van der Waals surface area contributed by atoms with Crippen molar-refractivity contribution < 1.29 is 24.2 Å². The van der Waals surface area contributed by atoms with Crippen LogP contribution in [0.1, 0.15) is 45.6 Å². The summed E-state index contributed by atoms with van der Waals surface area (Å²) in [5.41, 5.74) is 10.6. The Kier molecular flexibility index (Phi) is 13.3. The van der Waals surface area contributed by atoms with E-state index >= 15 is 0 Å². The van der Waals surface area contributed by atoms with Gasteiger partial charge in [-0.1, -0.05) is 77.2 Å². The summed E-state index contributed by atoms with van der Waals surface area (Å²) in [6.07, 6.45) is 3.37. The van der Waals surface area contributed by atoms with Crippen molar-refractivity contribution in [3.63, 3.8) is 0 Å². The zero-order chi connectivity index (χ0) is 27.5. The van der Waals surface area contributed by atoms with Gasteiger partial charge in [-0.05, 0) is 57.1 Å². The number of carbonyl (C=O) groups is 3. The van der Waals surface area contributed by atoms with Gasteiger partial charge in [-0.3, -0.25) is 19.4 Å². The molecule has 1 aliphatic rings. The normalized spacial score (nSPS) is 18.9. The average Bonchev–Trinajstić information content (AvgIpc) is 2.89.